The molecule has 0 aliphatic carbocycles. The first-order chi connectivity index (χ1) is 6.68. The number of hydrogen-bond acceptors (Lipinski definition) is 4. The molecule has 0 saturated carbocycles. The first kappa shape index (κ1) is 9.43. The highest BCUT2D eigenvalue weighted by Crippen LogP contribution is 2.27. The molecule has 2 rings (SSSR count). The van der Waals surface area contributed by atoms with E-state index in [1.165, 1.54) is 12.5 Å². The van der Waals surface area contributed by atoms with Crippen LogP contribution in [0.5, 0.6) is 0 Å². The Labute approximate surface area is 89.9 Å². The van der Waals surface area contributed by atoms with E-state index in [1.54, 1.807) is 0 Å². The molecule has 0 radical (unpaired) electrons. The molecule has 72 valence electrons. The van der Waals surface area contributed by atoms with Crippen molar-refractivity contribution in [1.29, 1.82) is 0 Å². The van der Waals surface area contributed by atoms with Gasteiger partial charge in [-0.25, -0.2) is 9.97 Å². The van der Waals surface area contributed by atoms with Gasteiger partial charge in [0.15, 0.2) is 0 Å². The molecule has 4 nitrogen and oxygen atoms in total. The molecule has 14 heavy (non-hydrogen) atoms. The number of halogens is 2. The van der Waals surface area contributed by atoms with E-state index in [-0.39, 0.29) is 10.4 Å². The fraction of sp³-hybridized carbons (Fsp3) is 0.125. The van der Waals surface area contributed by atoms with E-state index < -0.39 is 0 Å². The van der Waals surface area contributed by atoms with Gasteiger partial charge in [0, 0.05) is 11.8 Å². The van der Waals surface area contributed by atoms with Crippen molar-refractivity contribution in [3.8, 4) is 11.3 Å². The third kappa shape index (κ3) is 1.58. The molecular weight excluding hydrogens is 225 g/mol. The summed E-state index contributed by atoms with van der Waals surface area (Å²) in [7, 11) is 0. The highest BCUT2D eigenvalue weighted by Gasteiger charge is 2.12. The van der Waals surface area contributed by atoms with Crippen LogP contribution in [0, 0.1) is 6.92 Å². The third-order valence-corrected chi connectivity index (χ3v) is 2.19. The summed E-state index contributed by atoms with van der Waals surface area (Å²) in [6.45, 7) is 1.86. The monoisotopic (exact) mass is 229 g/mol. The zero-order valence-corrected chi connectivity index (χ0v) is 8.67. The van der Waals surface area contributed by atoms with Gasteiger partial charge in [-0.1, -0.05) is 16.8 Å². The van der Waals surface area contributed by atoms with E-state index in [9.17, 15) is 0 Å². The molecule has 2 aromatic rings. The van der Waals surface area contributed by atoms with Gasteiger partial charge in [0.2, 0.25) is 5.28 Å². The first-order valence-corrected chi connectivity index (χ1v) is 4.53. The summed E-state index contributed by atoms with van der Waals surface area (Å²) in [5.41, 5.74) is 2.12. The van der Waals surface area contributed by atoms with E-state index in [2.05, 4.69) is 15.1 Å². The van der Waals surface area contributed by atoms with Gasteiger partial charge in [-0.3, -0.25) is 0 Å². The maximum Gasteiger partial charge on any atom is 0.223 e. The Kier molecular flexibility index (Phi) is 2.39. The van der Waals surface area contributed by atoms with Gasteiger partial charge in [0.25, 0.3) is 0 Å². The molecule has 0 amide bonds. The minimum absolute atomic E-state index is 0.111. The van der Waals surface area contributed by atoms with Crippen LogP contribution in [-0.2, 0) is 0 Å². The summed E-state index contributed by atoms with van der Waals surface area (Å²) in [6.07, 6.45) is 3.04. The van der Waals surface area contributed by atoms with Crippen LogP contribution in [0.2, 0.25) is 10.4 Å². The highest BCUT2D eigenvalue weighted by molar-refractivity contribution is 6.33. The molecule has 0 fully saturated rings. The molecule has 0 aliphatic heterocycles. The van der Waals surface area contributed by atoms with Crippen molar-refractivity contribution in [3.63, 3.8) is 0 Å². The smallest absolute Gasteiger partial charge is 0.223 e. The van der Waals surface area contributed by atoms with Gasteiger partial charge in [0.1, 0.15) is 17.1 Å². The molecule has 2 aromatic heterocycles. The lowest BCUT2D eigenvalue weighted by atomic mass is 10.2. The van der Waals surface area contributed by atoms with Gasteiger partial charge in [-0.05, 0) is 18.5 Å². The molecule has 0 aromatic carbocycles. The molecule has 0 spiro atoms. The molecule has 0 unspecified atom stereocenters. The molecule has 0 N–H and O–H groups in total. The van der Waals surface area contributed by atoms with Gasteiger partial charge in [0.05, 0.1) is 5.56 Å². The average molecular weight is 230 g/mol. The largest absolute Gasteiger partial charge is 0.364 e. The van der Waals surface area contributed by atoms with Crippen LogP contribution in [0.1, 0.15) is 5.56 Å². The number of aromatic nitrogens is 3. The minimum atomic E-state index is 0.111. The topological polar surface area (TPSA) is 51.8 Å². The molecule has 0 atom stereocenters. The number of hydrogen-bond donors (Lipinski definition) is 0. The van der Waals surface area contributed by atoms with Crippen molar-refractivity contribution in [1.82, 2.24) is 15.1 Å². The second-order valence-electron chi connectivity index (χ2n) is 2.69. The molecule has 0 saturated heterocycles. The van der Waals surface area contributed by atoms with Crippen molar-refractivity contribution >= 4 is 23.2 Å². The average Bonchev–Trinajstić information content (AvgIpc) is 2.52. The predicted molar refractivity (Wildman–Crippen MR) is 52.3 cm³/mol. The van der Waals surface area contributed by atoms with Crippen molar-refractivity contribution in [2.45, 2.75) is 6.92 Å². The highest BCUT2D eigenvalue weighted by atomic mass is 35.5. The van der Waals surface area contributed by atoms with Crippen LogP contribution in [0.15, 0.2) is 17.0 Å². The van der Waals surface area contributed by atoms with Crippen LogP contribution < -0.4 is 0 Å². The van der Waals surface area contributed by atoms with Crippen molar-refractivity contribution in [2.75, 3.05) is 0 Å². The molecule has 0 bridgehead atoms. The Bertz CT molecular complexity index is 469. The quantitative estimate of drug-likeness (QED) is 0.558. The van der Waals surface area contributed by atoms with Crippen LogP contribution in [0.4, 0.5) is 0 Å². The molecule has 6 heteroatoms. The standard InChI is InChI=1S/C8H5Cl2N3O/c1-4-3-14-13-6(4)5-2-11-8(10)12-7(5)9/h2-3H,1H3. The van der Waals surface area contributed by atoms with Crippen LogP contribution in [-0.4, -0.2) is 15.1 Å². The fourth-order valence-electron chi connectivity index (χ4n) is 1.05. The van der Waals surface area contributed by atoms with E-state index in [0.717, 1.165) is 5.56 Å². The van der Waals surface area contributed by atoms with Crippen molar-refractivity contribution in [2.24, 2.45) is 0 Å². The van der Waals surface area contributed by atoms with Gasteiger partial charge >= 0.3 is 0 Å². The van der Waals surface area contributed by atoms with Crippen molar-refractivity contribution in [3.05, 3.63) is 28.5 Å². The van der Waals surface area contributed by atoms with Gasteiger partial charge in [-0.2, -0.15) is 0 Å². The normalized spacial score (nSPS) is 10.5. The zero-order valence-electron chi connectivity index (χ0n) is 7.16. The summed E-state index contributed by atoms with van der Waals surface area (Å²) < 4.78 is 4.79. The number of rotatable bonds is 1. The predicted octanol–water partition coefficient (Wildman–Crippen LogP) is 2.75. The fourth-order valence-corrected chi connectivity index (χ4v) is 1.44. The molecule has 0 aliphatic rings. The Morgan fingerprint density at radius 1 is 1.36 bits per heavy atom. The van der Waals surface area contributed by atoms with E-state index in [4.69, 9.17) is 27.7 Å². The maximum absolute atomic E-state index is 5.88. The lowest BCUT2D eigenvalue weighted by Crippen LogP contribution is -1.89. The van der Waals surface area contributed by atoms with E-state index in [0.29, 0.717) is 11.3 Å². The first-order valence-electron chi connectivity index (χ1n) is 3.78. The Morgan fingerprint density at radius 2 is 2.14 bits per heavy atom. The van der Waals surface area contributed by atoms with Crippen LogP contribution in [0.25, 0.3) is 11.3 Å². The summed E-state index contributed by atoms with van der Waals surface area (Å²) in [5, 5.41) is 4.17. The summed E-state index contributed by atoms with van der Waals surface area (Å²) in [5.74, 6) is 0. The Balaban J connectivity index is 2.58. The Hall–Kier alpha value is -1.13. The molecular formula is C8H5Cl2N3O. The van der Waals surface area contributed by atoms with Gasteiger partial charge < -0.3 is 4.52 Å². The zero-order chi connectivity index (χ0) is 10.1. The number of nitrogens with zero attached hydrogens (tertiary/aromatic N) is 3. The summed E-state index contributed by atoms with van der Waals surface area (Å²) >= 11 is 11.4. The van der Waals surface area contributed by atoms with Crippen LogP contribution in [0.3, 0.4) is 0 Å². The third-order valence-electron chi connectivity index (χ3n) is 1.71. The molecule has 2 heterocycles. The van der Waals surface area contributed by atoms with Crippen molar-refractivity contribution < 1.29 is 4.52 Å². The Morgan fingerprint density at radius 3 is 2.71 bits per heavy atom. The lowest BCUT2D eigenvalue weighted by Gasteiger charge is -1.99. The van der Waals surface area contributed by atoms with Gasteiger partial charge in [-0.15, -0.1) is 0 Å². The summed E-state index contributed by atoms with van der Waals surface area (Å²) in [6, 6.07) is 0. The maximum atomic E-state index is 5.88. The van der Waals surface area contributed by atoms with E-state index >= 15 is 0 Å². The summed E-state index contributed by atoms with van der Waals surface area (Å²) in [4.78, 5) is 7.63. The second-order valence-corrected chi connectivity index (χ2v) is 3.39. The minimum Gasteiger partial charge on any atom is -0.364 e. The SMILES string of the molecule is Cc1conc1-c1cnc(Cl)nc1Cl. The number of aryl methyl sites for hydroxylation is 1. The van der Waals surface area contributed by atoms with Crippen LogP contribution >= 0.6 is 23.2 Å². The second kappa shape index (κ2) is 3.55. The van der Waals surface area contributed by atoms with E-state index in [1.807, 2.05) is 6.92 Å². The lowest BCUT2D eigenvalue weighted by molar-refractivity contribution is 0.421.